The summed E-state index contributed by atoms with van der Waals surface area (Å²) in [6, 6.07) is 0.236. The first-order chi connectivity index (χ1) is 8.28. The number of hydrogen-bond acceptors (Lipinski definition) is 4. The van der Waals surface area contributed by atoms with Crippen LogP contribution in [-0.2, 0) is 0 Å². The van der Waals surface area contributed by atoms with Crippen LogP contribution in [0.4, 0.5) is 11.5 Å². The topological polar surface area (TPSA) is 76.1 Å². The van der Waals surface area contributed by atoms with Crippen LogP contribution in [0.1, 0.15) is 52.3 Å². The summed E-state index contributed by atoms with van der Waals surface area (Å²) < 4.78 is 1.87. The van der Waals surface area contributed by atoms with Crippen LogP contribution in [0.2, 0.25) is 0 Å². The Morgan fingerprint density at radius 3 is 2.61 bits per heavy atom. The molecule has 1 heterocycles. The molecule has 18 heavy (non-hydrogen) atoms. The van der Waals surface area contributed by atoms with Crippen LogP contribution in [0.3, 0.4) is 0 Å². The van der Waals surface area contributed by atoms with Crippen molar-refractivity contribution in [3.8, 4) is 0 Å². The molecule has 0 bridgehead atoms. The summed E-state index contributed by atoms with van der Waals surface area (Å²) in [4.78, 5) is 0. The molecule has 1 aromatic heterocycles. The highest BCUT2D eigenvalue weighted by Crippen LogP contribution is 2.26. The number of nitrogens with two attached hydrogens (primary N) is 1. The van der Waals surface area contributed by atoms with Gasteiger partial charge in [0.2, 0.25) is 0 Å². The molecule has 1 unspecified atom stereocenters. The molecule has 1 rings (SSSR count). The van der Waals surface area contributed by atoms with Crippen molar-refractivity contribution < 1.29 is 5.11 Å². The van der Waals surface area contributed by atoms with Gasteiger partial charge in [0.25, 0.3) is 0 Å². The summed E-state index contributed by atoms with van der Waals surface area (Å²) in [6.07, 6.45) is 1.71. The molecular weight excluding hydrogens is 228 g/mol. The fraction of sp³-hybridized carbons (Fsp3) is 0.769. The van der Waals surface area contributed by atoms with E-state index in [4.69, 9.17) is 5.73 Å². The highest BCUT2D eigenvalue weighted by molar-refractivity contribution is 5.65. The van der Waals surface area contributed by atoms with E-state index in [9.17, 15) is 5.11 Å². The first-order valence-corrected chi connectivity index (χ1v) is 6.59. The predicted octanol–water partition coefficient (Wildman–Crippen LogP) is 2.32. The summed E-state index contributed by atoms with van der Waals surface area (Å²) in [5, 5.41) is 17.8. The fourth-order valence-corrected chi connectivity index (χ4v) is 2.01. The van der Waals surface area contributed by atoms with Crippen molar-refractivity contribution in [2.75, 3.05) is 17.6 Å². The minimum Gasteiger partial charge on any atom is -0.394 e. The highest BCUT2D eigenvalue weighted by atomic mass is 16.3. The first kappa shape index (κ1) is 14.8. The van der Waals surface area contributed by atoms with Crippen molar-refractivity contribution in [2.24, 2.45) is 0 Å². The lowest BCUT2D eigenvalue weighted by atomic mass is 10.0. The first-order valence-electron chi connectivity index (χ1n) is 6.59. The summed E-state index contributed by atoms with van der Waals surface area (Å²) in [5.74, 6) is 0.805. The zero-order valence-electron chi connectivity index (χ0n) is 12.1. The second-order valence-corrected chi connectivity index (χ2v) is 5.49. The average Bonchev–Trinajstić information content (AvgIpc) is 2.53. The fourth-order valence-electron chi connectivity index (χ4n) is 2.01. The Labute approximate surface area is 109 Å². The number of aryl methyl sites for hydroxylation is 1. The van der Waals surface area contributed by atoms with Crippen LogP contribution < -0.4 is 11.1 Å². The van der Waals surface area contributed by atoms with Gasteiger partial charge in [-0.05, 0) is 34.1 Å². The molecule has 0 aliphatic rings. The monoisotopic (exact) mass is 254 g/mol. The maximum atomic E-state index is 10.2. The van der Waals surface area contributed by atoms with E-state index >= 15 is 0 Å². The predicted molar refractivity (Wildman–Crippen MR) is 75.8 cm³/mol. The van der Waals surface area contributed by atoms with Crippen molar-refractivity contribution in [1.82, 2.24) is 9.78 Å². The average molecular weight is 254 g/mol. The van der Waals surface area contributed by atoms with Gasteiger partial charge in [0.05, 0.1) is 17.0 Å². The maximum absolute atomic E-state index is 10.2. The van der Waals surface area contributed by atoms with Gasteiger partial charge in [0.1, 0.15) is 5.82 Å². The zero-order valence-corrected chi connectivity index (χ0v) is 12.1. The Kier molecular flexibility index (Phi) is 4.62. The maximum Gasteiger partial charge on any atom is 0.148 e. The van der Waals surface area contributed by atoms with Crippen LogP contribution in [0, 0.1) is 6.92 Å². The number of nitrogens with one attached hydrogen (secondary N) is 1. The molecule has 0 saturated heterocycles. The third-order valence-electron chi connectivity index (χ3n) is 3.05. The third-order valence-corrected chi connectivity index (χ3v) is 3.05. The smallest absolute Gasteiger partial charge is 0.148 e. The van der Waals surface area contributed by atoms with Crippen LogP contribution in [-0.4, -0.2) is 27.0 Å². The largest absolute Gasteiger partial charge is 0.394 e. The second-order valence-electron chi connectivity index (χ2n) is 5.49. The quantitative estimate of drug-likeness (QED) is 0.728. The molecule has 0 spiro atoms. The molecule has 104 valence electrons. The standard InChI is InChI=1S/C13H26N4O/c1-6-7-13(5,18)8-15-12-11(14)10(4)16-17(12)9(2)3/h9,15,18H,6-8,14H2,1-5H3. The number of nitrogens with zero attached hydrogens (tertiary/aromatic N) is 2. The summed E-state index contributed by atoms with van der Waals surface area (Å²) in [7, 11) is 0. The summed E-state index contributed by atoms with van der Waals surface area (Å²) in [5.41, 5.74) is 6.78. The van der Waals surface area contributed by atoms with Crippen molar-refractivity contribution in [3.63, 3.8) is 0 Å². The number of anilines is 2. The van der Waals surface area contributed by atoms with E-state index in [1.807, 2.05) is 18.5 Å². The molecule has 0 saturated carbocycles. The van der Waals surface area contributed by atoms with Crippen LogP contribution >= 0.6 is 0 Å². The minimum absolute atomic E-state index is 0.236. The van der Waals surface area contributed by atoms with Crippen LogP contribution in [0.15, 0.2) is 0 Å². The Morgan fingerprint density at radius 1 is 1.50 bits per heavy atom. The van der Waals surface area contributed by atoms with E-state index in [-0.39, 0.29) is 6.04 Å². The van der Waals surface area contributed by atoms with E-state index in [1.54, 1.807) is 0 Å². The summed E-state index contributed by atoms with van der Waals surface area (Å²) in [6.45, 7) is 10.4. The molecule has 0 amide bonds. The van der Waals surface area contributed by atoms with Gasteiger partial charge in [-0.2, -0.15) is 5.10 Å². The van der Waals surface area contributed by atoms with Gasteiger partial charge >= 0.3 is 0 Å². The minimum atomic E-state index is -0.721. The summed E-state index contributed by atoms with van der Waals surface area (Å²) >= 11 is 0. The van der Waals surface area contributed by atoms with E-state index in [2.05, 4.69) is 31.2 Å². The Morgan fingerprint density at radius 2 is 2.11 bits per heavy atom. The molecule has 5 nitrogen and oxygen atoms in total. The SMILES string of the molecule is CCCC(C)(O)CNc1c(N)c(C)nn1C(C)C. The van der Waals surface area contributed by atoms with E-state index < -0.39 is 5.60 Å². The Balaban J connectivity index is 2.84. The number of aliphatic hydroxyl groups is 1. The number of nitrogen functional groups attached to an aromatic ring is 1. The van der Waals surface area contributed by atoms with E-state index in [0.29, 0.717) is 12.2 Å². The number of aromatic nitrogens is 2. The van der Waals surface area contributed by atoms with Gasteiger partial charge in [0.15, 0.2) is 0 Å². The van der Waals surface area contributed by atoms with Gasteiger partial charge in [-0.15, -0.1) is 0 Å². The lowest BCUT2D eigenvalue weighted by Crippen LogP contribution is -2.34. The Bertz CT molecular complexity index is 396. The van der Waals surface area contributed by atoms with Gasteiger partial charge in [0, 0.05) is 12.6 Å². The lowest BCUT2D eigenvalue weighted by Gasteiger charge is -2.24. The Hall–Kier alpha value is -1.23. The third kappa shape index (κ3) is 3.38. The molecule has 4 N–H and O–H groups in total. The molecule has 0 aliphatic heterocycles. The van der Waals surface area contributed by atoms with E-state index in [1.165, 1.54) is 0 Å². The zero-order chi connectivity index (χ0) is 13.9. The van der Waals surface area contributed by atoms with Gasteiger partial charge in [-0.3, -0.25) is 0 Å². The number of hydrogen-bond donors (Lipinski definition) is 3. The second kappa shape index (κ2) is 5.61. The van der Waals surface area contributed by atoms with Crippen LogP contribution in [0.5, 0.6) is 0 Å². The van der Waals surface area contributed by atoms with Crippen molar-refractivity contribution >= 4 is 11.5 Å². The van der Waals surface area contributed by atoms with E-state index in [0.717, 1.165) is 24.4 Å². The van der Waals surface area contributed by atoms with Gasteiger partial charge < -0.3 is 16.2 Å². The molecule has 1 aromatic rings. The van der Waals surface area contributed by atoms with Gasteiger partial charge in [-0.25, -0.2) is 4.68 Å². The molecule has 0 aromatic carbocycles. The number of rotatable bonds is 6. The molecule has 0 fully saturated rings. The molecule has 1 atom stereocenters. The molecule has 0 aliphatic carbocycles. The molecular formula is C13H26N4O. The van der Waals surface area contributed by atoms with Gasteiger partial charge in [-0.1, -0.05) is 13.3 Å². The normalized spacial score (nSPS) is 14.8. The van der Waals surface area contributed by atoms with Crippen molar-refractivity contribution in [3.05, 3.63) is 5.69 Å². The van der Waals surface area contributed by atoms with Crippen LogP contribution in [0.25, 0.3) is 0 Å². The molecule has 0 radical (unpaired) electrons. The van der Waals surface area contributed by atoms with Crippen molar-refractivity contribution in [2.45, 2.75) is 59.1 Å². The molecule has 5 heteroatoms. The highest BCUT2D eigenvalue weighted by Gasteiger charge is 2.21. The lowest BCUT2D eigenvalue weighted by molar-refractivity contribution is 0.0635. The van der Waals surface area contributed by atoms with Crippen molar-refractivity contribution in [1.29, 1.82) is 0 Å².